The van der Waals surface area contributed by atoms with E-state index in [2.05, 4.69) is 9.72 Å². The van der Waals surface area contributed by atoms with Crippen molar-refractivity contribution in [3.63, 3.8) is 0 Å². The van der Waals surface area contributed by atoms with E-state index in [0.717, 1.165) is 0 Å². The van der Waals surface area contributed by atoms with Crippen molar-refractivity contribution in [2.45, 2.75) is 42.4 Å². The van der Waals surface area contributed by atoms with E-state index in [1.807, 2.05) is 4.72 Å². The molecule has 1 amide bonds. The molecular formula is C26H23ClF3N3O6S. The van der Waals surface area contributed by atoms with Gasteiger partial charge in [-0.05, 0) is 36.2 Å². The van der Waals surface area contributed by atoms with E-state index in [1.165, 1.54) is 24.3 Å². The van der Waals surface area contributed by atoms with Crippen molar-refractivity contribution in [1.82, 2.24) is 9.71 Å². The number of ether oxygens (including phenoxy) is 2. The molecule has 0 radical (unpaired) electrons. The number of halogens is 4. The van der Waals surface area contributed by atoms with E-state index in [1.54, 1.807) is 41.3 Å². The Hall–Kier alpha value is -3.55. The van der Waals surface area contributed by atoms with Crippen LogP contribution in [0.1, 0.15) is 19.3 Å². The molecule has 5 rings (SSSR count). The molecule has 1 saturated carbocycles. The van der Waals surface area contributed by atoms with Crippen LogP contribution in [0.25, 0.3) is 11.1 Å². The number of carbonyl (C=O) groups is 1. The molecule has 2 fully saturated rings. The first-order valence-corrected chi connectivity index (χ1v) is 14.0. The Morgan fingerprint density at radius 3 is 2.42 bits per heavy atom. The van der Waals surface area contributed by atoms with Crippen molar-refractivity contribution in [1.29, 1.82) is 0 Å². The molecule has 1 aromatic heterocycles. The number of β-amino-alcohol motifs (C(OH)–C–C–N with tert-alkyl or cyclic N) is 1. The number of hydrogen-bond donors (Lipinski definition) is 2. The monoisotopic (exact) mass is 597 g/mol. The molecule has 1 atom stereocenters. The van der Waals surface area contributed by atoms with Crippen LogP contribution in [0.4, 0.5) is 19.0 Å². The van der Waals surface area contributed by atoms with Crippen LogP contribution in [-0.4, -0.2) is 55.6 Å². The molecule has 0 unspecified atom stereocenters. The fraction of sp³-hybridized carbons (Fsp3) is 0.308. The van der Waals surface area contributed by atoms with Gasteiger partial charge in [0, 0.05) is 31.5 Å². The van der Waals surface area contributed by atoms with Gasteiger partial charge in [0.05, 0.1) is 11.1 Å². The molecule has 14 heteroatoms. The Kier molecular flexibility index (Phi) is 7.31. The highest BCUT2D eigenvalue weighted by Crippen LogP contribution is 2.50. The van der Waals surface area contributed by atoms with E-state index in [9.17, 15) is 31.5 Å². The van der Waals surface area contributed by atoms with Crippen molar-refractivity contribution in [2.24, 2.45) is 0 Å². The van der Waals surface area contributed by atoms with Crippen molar-refractivity contribution in [3.05, 3.63) is 65.7 Å². The number of benzene rings is 2. The zero-order valence-corrected chi connectivity index (χ0v) is 22.3. The third-order valence-corrected chi connectivity index (χ3v) is 8.01. The average molecular weight is 598 g/mol. The van der Waals surface area contributed by atoms with Gasteiger partial charge >= 0.3 is 6.36 Å². The van der Waals surface area contributed by atoms with Crippen LogP contribution < -0.4 is 19.1 Å². The number of aliphatic hydroxyl groups is 1. The molecule has 212 valence electrons. The van der Waals surface area contributed by atoms with Crippen LogP contribution in [0, 0.1) is 0 Å². The fourth-order valence-corrected chi connectivity index (χ4v) is 5.52. The Balaban J connectivity index is 1.44. The molecule has 2 heterocycles. The number of hydrogen-bond acceptors (Lipinski definition) is 8. The second kappa shape index (κ2) is 10.5. The summed E-state index contributed by atoms with van der Waals surface area (Å²) >= 11 is 6.06. The third-order valence-electron chi connectivity index (χ3n) is 6.48. The normalized spacial score (nSPS) is 18.3. The van der Waals surface area contributed by atoms with Crippen LogP contribution in [0.3, 0.4) is 0 Å². The maximum absolute atomic E-state index is 13.3. The first kappa shape index (κ1) is 28.0. The smallest absolute Gasteiger partial charge is 0.473 e. The zero-order chi connectivity index (χ0) is 28.7. The van der Waals surface area contributed by atoms with Crippen LogP contribution in [0.5, 0.6) is 11.5 Å². The number of nitrogens with zero attached hydrogens (tertiary/aromatic N) is 2. The lowest BCUT2D eigenvalue weighted by Gasteiger charge is -2.23. The number of rotatable bonds is 8. The van der Waals surface area contributed by atoms with E-state index in [4.69, 9.17) is 16.3 Å². The topological polar surface area (TPSA) is 118 Å². The minimum absolute atomic E-state index is 0.0275. The highest BCUT2D eigenvalue weighted by Gasteiger charge is 2.55. The summed E-state index contributed by atoms with van der Waals surface area (Å²) in [6.45, 7) is 0.762. The maximum atomic E-state index is 13.3. The van der Waals surface area contributed by atoms with Crippen LogP contribution in [0.2, 0.25) is 5.02 Å². The first-order valence-electron chi connectivity index (χ1n) is 12.2. The van der Waals surface area contributed by atoms with Gasteiger partial charge in [-0.3, -0.25) is 4.79 Å². The SMILES string of the molecule is O=C(NS(=O)(=O)c1cccc(N2CC[C@H](O)C2)n1)C1(Oc2c(-c3ccccc3)ccc(Cl)c2OC(F)(F)F)CC1. The number of aromatic nitrogens is 1. The first-order chi connectivity index (χ1) is 18.9. The lowest BCUT2D eigenvalue weighted by molar-refractivity contribution is -0.275. The summed E-state index contributed by atoms with van der Waals surface area (Å²) in [5, 5.41) is 8.93. The van der Waals surface area contributed by atoms with Crippen molar-refractivity contribution >= 4 is 33.3 Å². The van der Waals surface area contributed by atoms with Crippen molar-refractivity contribution < 1.29 is 41.0 Å². The maximum Gasteiger partial charge on any atom is 0.573 e. The summed E-state index contributed by atoms with van der Waals surface area (Å²) in [5.74, 6) is -2.06. The Bertz CT molecular complexity index is 1530. The standard InChI is InChI=1S/C26H23ClF3N3O6S/c27-19-10-9-18(16-5-2-1-3-6-16)22(23(19)39-26(28,29)30)38-25(12-13-25)24(35)32-40(36,37)21-8-4-7-20(31-21)33-14-11-17(34)15-33/h1-10,17,34H,11-15H2,(H,32,35)/t17-/m0/s1. The third kappa shape index (κ3) is 5.96. The highest BCUT2D eigenvalue weighted by molar-refractivity contribution is 7.90. The number of amides is 1. The molecule has 2 aliphatic rings. The Morgan fingerprint density at radius 2 is 1.80 bits per heavy atom. The number of aliphatic hydroxyl groups excluding tert-OH is 1. The number of alkyl halides is 3. The van der Waals surface area contributed by atoms with Gasteiger partial charge in [-0.15, -0.1) is 13.2 Å². The number of carbonyl (C=O) groups excluding carboxylic acids is 1. The summed E-state index contributed by atoms with van der Waals surface area (Å²) in [4.78, 5) is 19.1. The summed E-state index contributed by atoms with van der Waals surface area (Å²) in [6.07, 6.45) is -5.13. The van der Waals surface area contributed by atoms with Crippen LogP contribution in [-0.2, 0) is 14.8 Å². The van der Waals surface area contributed by atoms with Crippen LogP contribution >= 0.6 is 11.6 Å². The van der Waals surface area contributed by atoms with Crippen molar-refractivity contribution in [3.8, 4) is 22.6 Å². The number of anilines is 1. The number of pyridine rings is 1. The zero-order valence-electron chi connectivity index (χ0n) is 20.7. The predicted molar refractivity (Wildman–Crippen MR) is 139 cm³/mol. The van der Waals surface area contributed by atoms with E-state index >= 15 is 0 Å². The van der Waals surface area contributed by atoms with Gasteiger partial charge in [0.25, 0.3) is 15.9 Å². The van der Waals surface area contributed by atoms with Gasteiger partial charge in [-0.25, -0.2) is 9.71 Å². The average Bonchev–Trinajstić information content (AvgIpc) is 3.57. The quantitative estimate of drug-likeness (QED) is 0.395. The van der Waals surface area contributed by atoms with Gasteiger partial charge in [0.1, 0.15) is 5.82 Å². The van der Waals surface area contributed by atoms with Gasteiger partial charge in [-0.2, -0.15) is 8.42 Å². The molecule has 0 bridgehead atoms. The lowest BCUT2D eigenvalue weighted by Crippen LogP contribution is -2.43. The molecule has 1 aliphatic carbocycles. The second-order valence-electron chi connectivity index (χ2n) is 9.42. The molecule has 2 N–H and O–H groups in total. The molecular weight excluding hydrogens is 575 g/mol. The van der Waals surface area contributed by atoms with E-state index in [-0.39, 0.29) is 24.9 Å². The summed E-state index contributed by atoms with van der Waals surface area (Å²) in [7, 11) is -4.49. The van der Waals surface area contributed by atoms with Gasteiger partial charge in [-0.1, -0.05) is 48.0 Å². The summed E-state index contributed by atoms with van der Waals surface area (Å²) in [6, 6.07) is 15.1. The van der Waals surface area contributed by atoms with Crippen molar-refractivity contribution in [2.75, 3.05) is 18.0 Å². The minimum atomic E-state index is -5.12. The van der Waals surface area contributed by atoms with E-state index < -0.39 is 55.5 Å². The molecule has 0 spiro atoms. The van der Waals surface area contributed by atoms with E-state index in [0.29, 0.717) is 24.3 Å². The largest absolute Gasteiger partial charge is 0.573 e. The van der Waals surface area contributed by atoms with Gasteiger partial charge in [0.2, 0.25) is 0 Å². The molecule has 9 nitrogen and oxygen atoms in total. The minimum Gasteiger partial charge on any atom is -0.473 e. The molecule has 1 saturated heterocycles. The molecule has 2 aromatic carbocycles. The molecule has 3 aromatic rings. The lowest BCUT2D eigenvalue weighted by atomic mass is 10.0. The Morgan fingerprint density at radius 1 is 1.07 bits per heavy atom. The second-order valence-corrected chi connectivity index (χ2v) is 11.5. The predicted octanol–water partition coefficient (Wildman–Crippen LogP) is 4.29. The molecule has 40 heavy (non-hydrogen) atoms. The molecule has 1 aliphatic heterocycles. The highest BCUT2D eigenvalue weighted by atomic mass is 35.5. The summed E-state index contributed by atoms with van der Waals surface area (Å²) < 4.78 is 78.1. The number of nitrogens with one attached hydrogen (secondary N) is 1. The fourth-order valence-electron chi connectivity index (χ4n) is 4.33. The summed E-state index contributed by atoms with van der Waals surface area (Å²) in [5.41, 5.74) is -1.17. The van der Waals surface area contributed by atoms with Crippen LogP contribution in [0.15, 0.2) is 65.7 Å². The number of sulfonamides is 1. The van der Waals surface area contributed by atoms with Gasteiger partial charge < -0.3 is 19.5 Å². The van der Waals surface area contributed by atoms with Gasteiger partial charge in [0.15, 0.2) is 22.1 Å². The Labute approximate surface area is 232 Å².